The lowest BCUT2D eigenvalue weighted by Crippen LogP contribution is -2.44. The Balaban J connectivity index is 0.913. The second-order valence-corrected chi connectivity index (χ2v) is 25.1. The average molecular weight is 1050 g/mol. The molecule has 78 heavy (non-hydrogen) atoms. The molecule has 7 aliphatic rings. The van der Waals surface area contributed by atoms with E-state index < -0.39 is 11.9 Å². The maximum atomic E-state index is 13.7. The third-order valence-electron chi connectivity index (χ3n) is 20.1. The number of thiophene rings is 1. The van der Waals surface area contributed by atoms with E-state index >= 15 is 0 Å². The first kappa shape index (κ1) is 49.5. The zero-order valence-corrected chi connectivity index (χ0v) is 45.8. The lowest BCUT2D eigenvalue weighted by atomic mass is 9.54. The molecule has 6 aromatic carbocycles. The summed E-state index contributed by atoms with van der Waals surface area (Å²) in [6, 6.07) is 56.6. The molecule has 0 atom stereocenters. The van der Waals surface area contributed by atoms with Crippen molar-refractivity contribution in [2.75, 3.05) is 9.91 Å². The standard InChI is InChI=1S/C71H71N3O3S/c75-68-61(67(69(76)77)72-74(68)53-28-14-5-15-29-53)46-56-40-43-66(78-56)47-34-36-52(37-35-47)73(54-38-41-59-57-30-16-18-32-62(57)70(64(59)44-54,48-20-6-1-7-21-48)49-22-8-2-9-23-49)55-39-42-60-58-31-17-19-33-63(58)71(65(60)45-55,50-24-10-3-11-25-50)51-26-12-4-13-27-51/h5,14-19,28-46,48-51H,1-4,6-13,20-27H2,(H,76,77). The average Bonchev–Trinajstić information content (AvgIpc) is 4.30. The fourth-order valence-electron chi connectivity index (χ4n) is 17.0. The van der Waals surface area contributed by atoms with Crippen molar-refractivity contribution in [3.63, 3.8) is 0 Å². The number of hydrogen-bond donors (Lipinski definition) is 1. The molecule has 2 heterocycles. The van der Waals surface area contributed by atoms with Crippen molar-refractivity contribution < 1.29 is 14.7 Å². The van der Waals surface area contributed by atoms with E-state index in [1.54, 1.807) is 51.8 Å². The van der Waals surface area contributed by atoms with Gasteiger partial charge in [0.25, 0.3) is 5.91 Å². The zero-order valence-electron chi connectivity index (χ0n) is 45.0. The summed E-state index contributed by atoms with van der Waals surface area (Å²) < 4.78 is 0. The molecular weight excluding hydrogens is 975 g/mol. The van der Waals surface area contributed by atoms with E-state index in [4.69, 9.17) is 0 Å². The van der Waals surface area contributed by atoms with Crippen LogP contribution in [-0.4, -0.2) is 22.7 Å². The molecule has 1 aliphatic heterocycles. The molecule has 4 saturated carbocycles. The summed E-state index contributed by atoms with van der Waals surface area (Å²) in [6.07, 6.45) is 28.0. The number of aliphatic carboxylic acids is 1. The number of carboxylic acid groups (broad SMARTS) is 1. The lowest BCUT2D eigenvalue weighted by molar-refractivity contribution is -0.129. The maximum Gasteiger partial charge on any atom is 0.357 e. The summed E-state index contributed by atoms with van der Waals surface area (Å²) in [5, 5.41) is 15.6. The Hall–Kier alpha value is -6.83. The molecule has 0 bridgehead atoms. The van der Waals surface area contributed by atoms with Crippen molar-refractivity contribution in [3.05, 3.63) is 184 Å². The highest BCUT2D eigenvalue weighted by Crippen LogP contribution is 2.65. The number of para-hydroxylation sites is 1. The zero-order chi connectivity index (χ0) is 52.4. The first-order chi connectivity index (χ1) is 38.4. The van der Waals surface area contributed by atoms with Crippen molar-refractivity contribution in [2.45, 2.75) is 139 Å². The maximum absolute atomic E-state index is 13.7. The monoisotopic (exact) mass is 1050 g/mol. The number of amides is 1. The minimum absolute atomic E-state index is 0.0127. The largest absolute Gasteiger partial charge is 0.476 e. The number of fused-ring (bicyclic) bond motifs is 6. The Morgan fingerprint density at radius 2 is 0.936 bits per heavy atom. The first-order valence-corrected chi connectivity index (χ1v) is 30.7. The van der Waals surface area contributed by atoms with Crippen LogP contribution in [-0.2, 0) is 20.4 Å². The van der Waals surface area contributed by atoms with Crippen LogP contribution in [0.25, 0.3) is 38.8 Å². The third kappa shape index (κ3) is 8.02. The van der Waals surface area contributed by atoms with E-state index in [1.807, 2.05) is 24.3 Å². The minimum atomic E-state index is -1.23. The number of benzene rings is 6. The van der Waals surface area contributed by atoms with Gasteiger partial charge in [-0.15, -0.1) is 11.3 Å². The molecular formula is C71H71N3O3S. The number of carboxylic acids is 1. The van der Waals surface area contributed by atoms with Crippen LogP contribution >= 0.6 is 11.3 Å². The van der Waals surface area contributed by atoms with Crippen LogP contribution in [0.15, 0.2) is 162 Å². The van der Waals surface area contributed by atoms with E-state index in [0.717, 1.165) is 21.0 Å². The highest BCUT2D eigenvalue weighted by atomic mass is 32.1. The van der Waals surface area contributed by atoms with E-state index in [2.05, 4.69) is 125 Å². The number of hydrazone groups is 1. The van der Waals surface area contributed by atoms with Gasteiger partial charge in [-0.05, 0) is 192 Å². The second kappa shape index (κ2) is 20.4. The van der Waals surface area contributed by atoms with Gasteiger partial charge in [-0.2, -0.15) is 10.1 Å². The van der Waals surface area contributed by atoms with Crippen molar-refractivity contribution >= 4 is 57.8 Å². The Kier molecular flexibility index (Phi) is 13.0. The molecule has 7 heteroatoms. The van der Waals surface area contributed by atoms with Gasteiger partial charge in [-0.25, -0.2) is 4.79 Å². The Morgan fingerprint density at radius 1 is 0.500 bits per heavy atom. The summed E-state index contributed by atoms with van der Waals surface area (Å²) in [4.78, 5) is 30.6. The minimum Gasteiger partial charge on any atom is -0.476 e. The van der Waals surface area contributed by atoms with Gasteiger partial charge in [-0.1, -0.05) is 168 Å². The molecule has 0 radical (unpaired) electrons. The quantitative estimate of drug-likeness (QED) is 0.131. The fourth-order valence-corrected chi connectivity index (χ4v) is 18.0. The number of hydrogen-bond acceptors (Lipinski definition) is 5. The number of carbonyl (C=O) groups is 2. The van der Waals surface area contributed by atoms with Gasteiger partial charge in [-0.3, -0.25) is 4.79 Å². The topological polar surface area (TPSA) is 73.2 Å². The predicted octanol–water partition coefficient (Wildman–Crippen LogP) is 18.6. The Bertz CT molecular complexity index is 3300. The molecule has 4 fully saturated rings. The van der Waals surface area contributed by atoms with Crippen LogP contribution in [0.4, 0.5) is 22.7 Å². The van der Waals surface area contributed by atoms with Gasteiger partial charge in [0, 0.05) is 37.6 Å². The van der Waals surface area contributed by atoms with E-state index in [1.165, 1.54) is 167 Å². The molecule has 7 aromatic rings. The van der Waals surface area contributed by atoms with Crippen LogP contribution in [0.5, 0.6) is 0 Å². The first-order valence-electron chi connectivity index (χ1n) is 29.9. The van der Waals surface area contributed by atoms with E-state index in [0.29, 0.717) is 29.4 Å². The van der Waals surface area contributed by atoms with Gasteiger partial charge in [0.1, 0.15) is 0 Å². The summed E-state index contributed by atoms with van der Waals surface area (Å²) >= 11 is 1.55. The van der Waals surface area contributed by atoms with Crippen molar-refractivity contribution in [1.29, 1.82) is 0 Å². The summed E-state index contributed by atoms with van der Waals surface area (Å²) in [5.74, 6) is 0.798. The van der Waals surface area contributed by atoms with Gasteiger partial charge in [0.2, 0.25) is 0 Å². The molecule has 14 rings (SSSR count). The highest BCUT2D eigenvalue weighted by molar-refractivity contribution is 7.16. The van der Waals surface area contributed by atoms with E-state index in [-0.39, 0.29) is 22.1 Å². The van der Waals surface area contributed by atoms with Gasteiger partial charge in [0.05, 0.1) is 11.3 Å². The highest BCUT2D eigenvalue weighted by Gasteiger charge is 2.55. The molecule has 1 amide bonds. The van der Waals surface area contributed by atoms with Crippen LogP contribution in [0.2, 0.25) is 0 Å². The van der Waals surface area contributed by atoms with Crippen LogP contribution in [0, 0.1) is 23.7 Å². The fraction of sp³-hybridized carbons (Fsp3) is 0.366. The molecule has 0 spiro atoms. The van der Waals surface area contributed by atoms with Crippen LogP contribution in [0.1, 0.15) is 156 Å². The van der Waals surface area contributed by atoms with Gasteiger partial charge in [0.15, 0.2) is 5.71 Å². The second-order valence-electron chi connectivity index (χ2n) is 24.0. The Labute approximate surface area is 464 Å². The lowest BCUT2D eigenvalue weighted by Gasteiger charge is -2.49. The van der Waals surface area contributed by atoms with Crippen LogP contribution < -0.4 is 9.91 Å². The molecule has 6 aliphatic carbocycles. The van der Waals surface area contributed by atoms with Crippen molar-refractivity contribution in [2.24, 2.45) is 28.8 Å². The van der Waals surface area contributed by atoms with Gasteiger partial charge >= 0.3 is 5.97 Å². The summed E-state index contributed by atoms with van der Waals surface area (Å²) in [5.41, 5.74) is 17.1. The number of rotatable bonds is 11. The third-order valence-corrected chi connectivity index (χ3v) is 21.2. The summed E-state index contributed by atoms with van der Waals surface area (Å²) in [7, 11) is 0. The molecule has 0 saturated heterocycles. The van der Waals surface area contributed by atoms with Gasteiger partial charge < -0.3 is 10.0 Å². The van der Waals surface area contributed by atoms with E-state index in [9.17, 15) is 14.7 Å². The van der Waals surface area contributed by atoms with Crippen LogP contribution in [0.3, 0.4) is 0 Å². The smallest absolute Gasteiger partial charge is 0.357 e. The molecule has 0 unspecified atom stereocenters. The number of anilines is 4. The Morgan fingerprint density at radius 3 is 1.41 bits per heavy atom. The number of nitrogens with zero attached hydrogens (tertiary/aromatic N) is 3. The molecule has 394 valence electrons. The predicted molar refractivity (Wildman–Crippen MR) is 320 cm³/mol. The molecule has 1 aromatic heterocycles. The molecule has 1 N–H and O–H groups in total. The van der Waals surface area contributed by atoms with Crippen molar-refractivity contribution in [3.8, 4) is 32.7 Å². The normalized spacial score (nSPS) is 20.8. The SMILES string of the molecule is O=C(O)C1=NN(c2ccccc2)C(=O)C1=Cc1ccc(-c2ccc(N(c3ccc4c(c3)C(C3CCCCC3)(C3CCCCC3)c3ccccc3-4)c3ccc4c(c3)C(C3CCCCC3)(C3CCCCC3)c3ccccc3-4)cc2)s1. The summed E-state index contributed by atoms with van der Waals surface area (Å²) in [6.45, 7) is 0. The van der Waals surface area contributed by atoms with Crippen molar-refractivity contribution in [1.82, 2.24) is 0 Å². The number of carbonyl (C=O) groups excluding carboxylic acids is 1. The molecule has 6 nitrogen and oxygen atoms in total.